The predicted molar refractivity (Wildman–Crippen MR) is 57.6 cm³/mol. The monoisotopic (exact) mass is 219 g/mol. The lowest BCUT2D eigenvalue weighted by atomic mass is 10.2. The molecule has 4 heteroatoms. The molecule has 0 aliphatic carbocycles. The maximum absolute atomic E-state index is 5.27. The third-order valence-corrected chi connectivity index (χ3v) is 2.95. The van der Waals surface area contributed by atoms with E-state index in [-0.39, 0.29) is 12.4 Å². The van der Waals surface area contributed by atoms with Crippen LogP contribution >= 0.6 is 23.7 Å². The summed E-state index contributed by atoms with van der Waals surface area (Å²) in [4.78, 5) is 1.40. The maximum Gasteiger partial charge on any atom is 0.0620 e. The first-order valence-corrected chi connectivity index (χ1v) is 5.16. The van der Waals surface area contributed by atoms with Gasteiger partial charge in [0.25, 0.3) is 0 Å². The van der Waals surface area contributed by atoms with E-state index in [0.29, 0.717) is 6.04 Å². The second kappa shape index (κ2) is 5.60. The topological polar surface area (TPSA) is 21.3 Å². The zero-order valence-electron chi connectivity index (χ0n) is 7.36. The van der Waals surface area contributed by atoms with Gasteiger partial charge in [0.1, 0.15) is 0 Å². The molecule has 1 aliphatic rings. The van der Waals surface area contributed by atoms with Crippen LogP contribution in [0.5, 0.6) is 0 Å². The lowest BCUT2D eigenvalue weighted by Crippen LogP contribution is -2.28. The molecule has 0 radical (unpaired) electrons. The molecule has 0 aromatic carbocycles. The summed E-state index contributed by atoms with van der Waals surface area (Å²) in [5.74, 6) is 0. The summed E-state index contributed by atoms with van der Waals surface area (Å²) in [6.07, 6.45) is 1.16. The molecule has 74 valence electrons. The fraction of sp³-hybridized carbons (Fsp3) is 0.556. The van der Waals surface area contributed by atoms with Crippen LogP contribution in [-0.4, -0.2) is 19.3 Å². The average molecular weight is 220 g/mol. The average Bonchev–Trinajstić information content (AvgIpc) is 2.74. The van der Waals surface area contributed by atoms with Crippen LogP contribution in [0.2, 0.25) is 0 Å². The second-order valence-electron chi connectivity index (χ2n) is 3.02. The number of halogens is 1. The van der Waals surface area contributed by atoms with E-state index < -0.39 is 0 Å². The molecule has 2 rings (SSSR count). The van der Waals surface area contributed by atoms with E-state index in [4.69, 9.17) is 4.74 Å². The van der Waals surface area contributed by atoms with Gasteiger partial charge in [-0.1, -0.05) is 6.07 Å². The van der Waals surface area contributed by atoms with Crippen molar-refractivity contribution >= 4 is 23.7 Å². The van der Waals surface area contributed by atoms with E-state index in [0.717, 1.165) is 26.2 Å². The third kappa shape index (κ3) is 3.27. The molecule has 0 spiro atoms. The highest BCUT2D eigenvalue weighted by Crippen LogP contribution is 2.10. The van der Waals surface area contributed by atoms with Gasteiger partial charge in [-0.15, -0.1) is 23.7 Å². The third-order valence-electron chi connectivity index (χ3n) is 2.07. The standard InChI is InChI=1S/C9H13NOS.ClH/c1-2-9(12-5-1)6-10-8-3-4-11-7-8;/h1-2,5,8,10H,3-4,6-7H2;1H. The van der Waals surface area contributed by atoms with Crippen LogP contribution < -0.4 is 5.32 Å². The van der Waals surface area contributed by atoms with Crippen molar-refractivity contribution in [3.63, 3.8) is 0 Å². The molecule has 1 unspecified atom stereocenters. The largest absolute Gasteiger partial charge is 0.380 e. The minimum Gasteiger partial charge on any atom is -0.380 e. The van der Waals surface area contributed by atoms with Crippen molar-refractivity contribution in [2.24, 2.45) is 0 Å². The van der Waals surface area contributed by atoms with Crippen LogP contribution in [0.25, 0.3) is 0 Å². The molecule has 0 amide bonds. The van der Waals surface area contributed by atoms with Crippen LogP contribution in [0, 0.1) is 0 Å². The molecular formula is C9H14ClNOS. The highest BCUT2D eigenvalue weighted by molar-refractivity contribution is 7.09. The Morgan fingerprint density at radius 3 is 3.15 bits per heavy atom. The molecule has 1 aromatic heterocycles. The first-order valence-electron chi connectivity index (χ1n) is 4.28. The van der Waals surface area contributed by atoms with Crippen molar-refractivity contribution in [2.75, 3.05) is 13.2 Å². The summed E-state index contributed by atoms with van der Waals surface area (Å²) in [7, 11) is 0. The van der Waals surface area contributed by atoms with E-state index in [1.807, 2.05) is 0 Å². The van der Waals surface area contributed by atoms with Crippen molar-refractivity contribution in [3.8, 4) is 0 Å². The van der Waals surface area contributed by atoms with E-state index in [9.17, 15) is 0 Å². The Morgan fingerprint density at radius 1 is 1.62 bits per heavy atom. The van der Waals surface area contributed by atoms with Gasteiger partial charge in [-0.25, -0.2) is 0 Å². The zero-order valence-corrected chi connectivity index (χ0v) is 9.00. The highest BCUT2D eigenvalue weighted by Gasteiger charge is 2.14. The molecule has 1 N–H and O–H groups in total. The summed E-state index contributed by atoms with van der Waals surface area (Å²) in [5.41, 5.74) is 0. The van der Waals surface area contributed by atoms with Gasteiger partial charge in [0.2, 0.25) is 0 Å². The zero-order chi connectivity index (χ0) is 8.23. The normalized spacial score (nSPS) is 21.4. The van der Waals surface area contributed by atoms with Crippen molar-refractivity contribution in [1.29, 1.82) is 0 Å². The Hall–Kier alpha value is -0.0900. The van der Waals surface area contributed by atoms with Gasteiger partial charge in [0.05, 0.1) is 6.61 Å². The Morgan fingerprint density at radius 2 is 2.54 bits per heavy atom. The highest BCUT2D eigenvalue weighted by atomic mass is 35.5. The van der Waals surface area contributed by atoms with Crippen LogP contribution in [0.4, 0.5) is 0 Å². The second-order valence-corrected chi connectivity index (χ2v) is 4.05. The first-order chi connectivity index (χ1) is 5.95. The Labute approximate surface area is 88.7 Å². The molecule has 0 bridgehead atoms. The van der Waals surface area contributed by atoms with Gasteiger partial charge in [-0.2, -0.15) is 0 Å². The number of ether oxygens (including phenoxy) is 1. The van der Waals surface area contributed by atoms with Gasteiger partial charge in [0.15, 0.2) is 0 Å². The lowest BCUT2D eigenvalue weighted by molar-refractivity contribution is 0.190. The molecule has 13 heavy (non-hydrogen) atoms. The molecule has 0 saturated carbocycles. The first kappa shape index (κ1) is 11.0. The number of thiophene rings is 1. The van der Waals surface area contributed by atoms with E-state index in [1.54, 1.807) is 11.3 Å². The van der Waals surface area contributed by atoms with Crippen molar-refractivity contribution in [3.05, 3.63) is 22.4 Å². The summed E-state index contributed by atoms with van der Waals surface area (Å²) in [6.45, 7) is 2.79. The van der Waals surface area contributed by atoms with Gasteiger partial charge in [-0.05, 0) is 17.9 Å². The van der Waals surface area contributed by atoms with Crippen molar-refractivity contribution in [1.82, 2.24) is 5.32 Å². The number of nitrogens with one attached hydrogen (secondary N) is 1. The maximum atomic E-state index is 5.27. The molecule has 1 atom stereocenters. The van der Waals surface area contributed by atoms with Gasteiger partial charge < -0.3 is 10.1 Å². The minimum absolute atomic E-state index is 0. The quantitative estimate of drug-likeness (QED) is 0.841. The van der Waals surface area contributed by atoms with E-state index in [1.165, 1.54) is 4.88 Å². The van der Waals surface area contributed by atoms with Crippen LogP contribution in [-0.2, 0) is 11.3 Å². The number of rotatable bonds is 3. The molecular weight excluding hydrogens is 206 g/mol. The number of hydrogen-bond donors (Lipinski definition) is 1. The van der Waals surface area contributed by atoms with Crippen LogP contribution in [0.1, 0.15) is 11.3 Å². The fourth-order valence-corrected chi connectivity index (χ4v) is 2.01. The van der Waals surface area contributed by atoms with Crippen LogP contribution in [0.15, 0.2) is 17.5 Å². The molecule has 1 fully saturated rings. The summed E-state index contributed by atoms with van der Waals surface area (Å²) >= 11 is 1.80. The predicted octanol–water partition coefficient (Wildman–Crippen LogP) is 2.05. The van der Waals surface area contributed by atoms with Gasteiger partial charge in [0, 0.05) is 24.1 Å². The molecule has 2 heterocycles. The molecule has 1 aromatic rings. The molecule has 2 nitrogen and oxygen atoms in total. The Kier molecular flexibility index (Phi) is 4.73. The Balaban J connectivity index is 0.000000845. The minimum atomic E-state index is 0. The summed E-state index contributed by atoms with van der Waals surface area (Å²) in [6, 6.07) is 4.83. The fourth-order valence-electron chi connectivity index (χ4n) is 1.35. The molecule has 1 saturated heterocycles. The van der Waals surface area contributed by atoms with Crippen LogP contribution in [0.3, 0.4) is 0 Å². The smallest absolute Gasteiger partial charge is 0.0620 e. The van der Waals surface area contributed by atoms with Crippen molar-refractivity contribution in [2.45, 2.75) is 19.0 Å². The Bertz CT molecular complexity index is 222. The number of hydrogen-bond acceptors (Lipinski definition) is 3. The van der Waals surface area contributed by atoms with E-state index in [2.05, 4.69) is 22.8 Å². The summed E-state index contributed by atoms with van der Waals surface area (Å²) in [5, 5.41) is 5.58. The molecule has 1 aliphatic heterocycles. The SMILES string of the molecule is Cl.c1csc(CNC2CCOC2)c1. The van der Waals surface area contributed by atoms with E-state index >= 15 is 0 Å². The summed E-state index contributed by atoms with van der Waals surface area (Å²) < 4.78 is 5.27. The lowest BCUT2D eigenvalue weighted by Gasteiger charge is -2.08. The van der Waals surface area contributed by atoms with Crippen molar-refractivity contribution < 1.29 is 4.74 Å². The van der Waals surface area contributed by atoms with Gasteiger partial charge >= 0.3 is 0 Å². The van der Waals surface area contributed by atoms with Gasteiger partial charge in [-0.3, -0.25) is 0 Å².